The summed E-state index contributed by atoms with van der Waals surface area (Å²) in [5.74, 6) is -0.189. The molecule has 0 atom stereocenters. The van der Waals surface area contributed by atoms with Crippen molar-refractivity contribution in [2.75, 3.05) is 25.1 Å². The number of Topliss-reactive ketones (excluding diaryl/α,β-unsaturated/α-hetero) is 1. The Morgan fingerprint density at radius 3 is 2.60 bits per heavy atom. The van der Waals surface area contributed by atoms with Gasteiger partial charge in [-0.25, -0.2) is 0 Å². The highest BCUT2D eigenvalue weighted by Gasteiger charge is 2.16. The van der Waals surface area contributed by atoms with Gasteiger partial charge in [0.05, 0.1) is 4.92 Å². The third-order valence-electron chi connectivity index (χ3n) is 3.13. The standard InChI is InChI=1S/C14H20N2O4/c1-11(18)13-10-12(16(19)20)6-7-14(13)15(2)8-4-3-5-9-17/h6-7,10,17H,3-5,8-9H2,1-2H3. The van der Waals surface area contributed by atoms with Gasteiger partial charge < -0.3 is 10.0 Å². The van der Waals surface area contributed by atoms with Crippen LogP contribution in [0.15, 0.2) is 18.2 Å². The van der Waals surface area contributed by atoms with Crippen molar-refractivity contribution in [3.05, 3.63) is 33.9 Å². The van der Waals surface area contributed by atoms with Gasteiger partial charge >= 0.3 is 0 Å². The number of ketones is 1. The second-order valence-corrected chi connectivity index (χ2v) is 4.72. The third-order valence-corrected chi connectivity index (χ3v) is 3.13. The normalized spacial score (nSPS) is 10.3. The van der Waals surface area contributed by atoms with Crippen molar-refractivity contribution < 1.29 is 14.8 Å². The maximum Gasteiger partial charge on any atom is 0.270 e. The summed E-state index contributed by atoms with van der Waals surface area (Å²) >= 11 is 0. The average molecular weight is 280 g/mol. The number of carbonyl (C=O) groups is 1. The molecule has 6 heteroatoms. The number of aliphatic hydroxyl groups is 1. The van der Waals surface area contributed by atoms with Crippen LogP contribution in [0.5, 0.6) is 0 Å². The second-order valence-electron chi connectivity index (χ2n) is 4.72. The lowest BCUT2D eigenvalue weighted by molar-refractivity contribution is -0.384. The highest BCUT2D eigenvalue weighted by molar-refractivity contribution is 6.00. The van der Waals surface area contributed by atoms with Crippen molar-refractivity contribution in [1.82, 2.24) is 0 Å². The Morgan fingerprint density at radius 1 is 1.35 bits per heavy atom. The largest absolute Gasteiger partial charge is 0.396 e. The number of rotatable bonds is 8. The van der Waals surface area contributed by atoms with Crippen LogP contribution in [0, 0.1) is 10.1 Å². The van der Waals surface area contributed by atoms with Gasteiger partial charge in [0.2, 0.25) is 0 Å². The number of nitrogens with zero attached hydrogens (tertiary/aromatic N) is 2. The van der Waals surface area contributed by atoms with E-state index in [-0.39, 0.29) is 18.1 Å². The van der Waals surface area contributed by atoms with Crippen molar-refractivity contribution in [3.63, 3.8) is 0 Å². The molecule has 0 aliphatic rings. The highest BCUT2D eigenvalue weighted by atomic mass is 16.6. The molecule has 0 amide bonds. The van der Waals surface area contributed by atoms with Crippen LogP contribution in [0.1, 0.15) is 36.5 Å². The Labute approximate surface area is 118 Å². The number of nitro groups is 1. The summed E-state index contributed by atoms with van der Waals surface area (Å²) in [6, 6.07) is 4.34. The molecule has 0 aliphatic heterocycles. The van der Waals surface area contributed by atoms with Crippen LogP contribution in [-0.2, 0) is 0 Å². The van der Waals surface area contributed by atoms with Gasteiger partial charge in [-0.3, -0.25) is 14.9 Å². The van der Waals surface area contributed by atoms with E-state index < -0.39 is 4.92 Å². The summed E-state index contributed by atoms with van der Waals surface area (Å²) in [7, 11) is 1.85. The summed E-state index contributed by atoms with van der Waals surface area (Å²) in [5, 5.41) is 19.5. The minimum atomic E-state index is -0.503. The van der Waals surface area contributed by atoms with E-state index in [1.807, 2.05) is 11.9 Å². The molecule has 0 spiro atoms. The zero-order chi connectivity index (χ0) is 15.1. The smallest absolute Gasteiger partial charge is 0.270 e. The molecule has 0 unspecified atom stereocenters. The van der Waals surface area contributed by atoms with E-state index in [0.29, 0.717) is 11.3 Å². The van der Waals surface area contributed by atoms with Crippen LogP contribution in [0.3, 0.4) is 0 Å². The predicted molar refractivity (Wildman–Crippen MR) is 77.3 cm³/mol. The third kappa shape index (κ3) is 4.31. The van der Waals surface area contributed by atoms with Gasteiger partial charge in [-0.05, 0) is 32.3 Å². The van der Waals surface area contributed by atoms with Crippen LogP contribution < -0.4 is 4.90 Å². The minimum absolute atomic E-state index is 0.0763. The van der Waals surface area contributed by atoms with Crippen LogP contribution in [0.2, 0.25) is 0 Å². The average Bonchev–Trinajstić information content (AvgIpc) is 2.42. The maximum atomic E-state index is 11.6. The fraction of sp³-hybridized carbons (Fsp3) is 0.500. The molecular weight excluding hydrogens is 260 g/mol. The van der Waals surface area contributed by atoms with E-state index >= 15 is 0 Å². The van der Waals surface area contributed by atoms with E-state index in [1.165, 1.54) is 19.1 Å². The van der Waals surface area contributed by atoms with Gasteiger partial charge in [-0.1, -0.05) is 0 Å². The molecule has 6 nitrogen and oxygen atoms in total. The zero-order valence-electron chi connectivity index (χ0n) is 11.8. The Morgan fingerprint density at radius 2 is 2.05 bits per heavy atom. The van der Waals surface area contributed by atoms with Gasteiger partial charge in [0.25, 0.3) is 5.69 Å². The van der Waals surface area contributed by atoms with Crippen molar-refractivity contribution >= 4 is 17.2 Å². The molecule has 1 N–H and O–H groups in total. The Bertz CT molecular complexity index is 488. The first kappa shape index (κ1) is 16.1. The number of benzene rings is 1. The molecule has 0 fully saturated rings. The van der Waals surface area contributed by atoms with E-state index in [2.05, 4.69) is 0 Å². The Hall–Kier alpha value is -1.95. The molecule has 0 radical (unpaired) electrons. The molecule has 0 bridgehead atoms. The van der Waals surface area contributed by atoms with Gasteiger partial charge in [0.15, 0.2) is 5.78 Å². The fourth-order valence-electron chi connectivity index (χ4n) is 2.01. The number of hydrogen-bond acceptors (Lipinski definition) is 5. The summed E-state index contributed by atoms with van der Waals surface area (Å²) < 4.78 is 0. The summed E-state index contributed by atoms with van der Waals surface area (Å²) in [5.41, 5.74) is 0.989. The summed E-state index contributed by atoms with van der Waals surface area (Å²) in [6.07, 6.45) is 2.56. The first-order valence-corrected chi connectivity index (χ1v) is 6.58. The number of aliphatic hydroxyl groups excluding tert-OH is 1. The Kier molecular flexibility index (Phi) is 6.11. The lowest BCUT2D eigenvalue weighted by Crippen LogP contribution is -2.21. The molecular formula is C14H20N2O4. The monoisotopic (exact) mass is 280 g/mol. The van der Waals surface area contributed by atoms with E-state index in [9.17, 15) is 14.9 Å². The highest BCUT2D eigenvalue weighted by Crippen LogP contribution is 2.25. The van der Waals surface area contributed by atoms with Gasteiger partial charge in [0.1, 0.15) is 0 Å². The maximum absolute atomic E-state index is 11.6. The number of carbonyl (C=O) groups excluding carboxylic acids is 1. The topological polar surface area (TPSA) is 83.7 Å². The molecule has 0 saturated carbocycles. The van der Waals surface area contributed by atoms with Gasteiger partial charge in [-0.2, -0.15) is 0 Å². The number of non-ortho nitro benzene ring substituents is 1. The molecule has 0 aliphatic carbocycles. The van der Waals surface area contributed by atoms with Gasteiger partial charge in [-0.15, -0.1) is 0 Å². The molecule has 20 heavy (non-hydrogen) atoms. The van der Waals surface area contributed by atoms with E-state index in [0.717, 1.165) is 25.8 Å². The van der Waals surface area contributed by atoms with Crippen LogP contribution in [-0.4, -0.2) is 36.0 Å². The number of anilines is 1. The number of unbranched alkanes of at least 4 members (excludes halogenated alkanes) is 2. The van der Waals surface area contributed by atoms with Crippen molar-refractivity contribution in [2.24, 2.45) is 0 Å². The second kappa shape index (κ2) is 7.59. The summed E-state index contributed by atoms with van der Waals surface area (Å²) in [4.78, 5) is 23.8. The molecule has 1 aromatic rings. The SMILES string of the molecule is CC(=O)c1cc([N+](=O)[O-])ccc1N(C)CCCCCO. The number of nitro benzene ring substituents is 1. The Balaban J connectivity index is 2.87. The van der Waals surface area contributed by atoms with Crippen LogP contribution in [0.25, 0.3) is 0 Å². The van der Waals surface area contributed by atoms with E-state index in [1.54, 1.807) is 6.07 Å². The lowest BCUT2D eigenvalue weighted by Gasteiger charge is -2.21. The molecule has 0 aromatic heterocycles. The predicted octanol–water partition coefficient (Wildman–Crippen LogP) is 2.40. The molecule has 0 saturated heterocycles. The lowest BCUT2D eigenvalue weighted by atomic mass is 10.1. The quantitative estimate of drug-likeness (QED) is 0.342. The number of hydrogen-bond donors (Lipinski definition) is 1. The molecule has 1 aromatic carbocycles. The first-order chi connectivity index (χ1) is 9.47. The zero-order valence-corrected chi connectivity index (χ0v) is 11.8. The molecule has 110 valence electrons. The summed E-state index contributed by atoms with van der Waals surface area (Å²) in [6.45, 7) is 2.32. The van der Waals surface area contributed by atoms with Crippen molar-refractivity contribution in [3.8, 4) is 0 Å². The molecule has 1 rings (SSSR count). The minimum Gasteiger partial charge on any atom is -0.396 e. The van der Waals surface area contributed by atoms with Crippen molar-refractivity contribution in [2.45, 2.75) is 26.2 Å². The van der Waals surface area contributed by atoms with Crippen LogP contribution in [0.4, 0.5) is 11.4 Å². The fourth-order valence-corrected chi connectivity index (χ4v) is 2.01. The van der Waals surface area contributed by atoms with Crippen molar-refractivity contribution in [1.29, 1.82) is 0 Å². The van der Waals surface area contributed by atoms with E-state index in [4.69, 9.17) is 5.11 Å². The van der Waals surface area contributed by atoms with Gasteiger partial charge in [0, 0.05) is 43.6 Å². The van der Waals surface area contributed by atoms with Crippen LogP contribution >= 0.6 is 0 Å². The molecule has 0 heterocycles. The first-order valence-electron chi connectivity index (χ1n) is 6.58.